The van der Waals surface area contributed by atoms with Crippen LogP contribution in [0.3, 0.4) is 0 Å². The lowest BCUT2D eigenvalue weighted by Gasteiger charge is -2.04. The maximum absolute atomic E-state index is 13.1. The SMILES string of the molecule is CSCc1c(Cl)ccc(O)c1F. The van der Waals surface area contributed by atoms with Crippen LogP contribution >= 0.6 is 23.4 Å². The lowest BCUT2D eigenvalue weighted by atomic mass is 10.2. The van der Waals surface area contributed by atoms with E-state index in [-0.39, 0.29) is 5.75 Å². The molecule has 1 rings (SSSR count). The van der Waals surface area contributed by atoms with Gasteiger partial charge in [-0.3, -0.25) is 0 Å². The molecule has 1 nitrogen and oxygen atoms in total. The van der Waals surface area contributed by atoms with Gasteiger partial charge in [0.15, 0.2) is 11.6 Å². The van der Waals surface area contributed by atoms with Crippen molar-refractivity contribution >= 4 is 23.4 Å². The summed E-state index contributed by atoms with van der Waals surface area (Å²) in [5, 5.41) is 9.37. The molecule has 0 bridgehead atoms. The first-order valence-corrected chi connectivity index (χ1v) is 5.08. The van der Waals surface area contributed by atoms with Crippen LogP contribution < -0.4 is 0 Å². The minimum Gasteiger partial charge on any atom is -0.505 e. The summed E-state index contributed by atoms with van der Waals surface area (Å²) < 4.78 is 13.1. The number of thioether (sulfide) groups is 1. The molecule has 0 aliphatic rings. The number of benzene rings is 1. The fraction of sp³-hybridized carbons (Fsp3) is 0.250. The molecule has 1 N–H and O–H groups in total. The molecule has 1 aromatic rings. The zero-order chi connectivity index (χ0) is 9.14. The summed E-state index contributed by atoms with van der Waals surface area (Å²) in [6, 6.07) is 2.74. The van der Waals surface area contributed by atoms with Gasteiger partial charge in [0.25, 0.3) is 0 Å². The molecule has 0 saturated carbocycles. The number of hydrogen-bond acceptors (Lipinski definition) is 2. The van der Waals surface area contributed by atoms with E-state index in [1.165, 1.54) is 23.9 Å². The average Bonchev–Trinajstić information content (AvgIpc) is 2.06. The minimum absolute atomic E-state index is 0.344. The number of hydrogen-bond donors (Lipinski definition) is 1. The molecule has 0 saturated heterocycles. The van der Waals surface area contributed by atoms with Crippen molar-refractivity contribution in [1.82, 2.24) is 0 Å². The number of halogens is 2. The van der Waals surface area contributed by atoms with Gasteiger partial charge in [-0.15, -0.1) is 0 Å². The predicted molar refractivity (Wildman–Crippen MR) is 50.3 cm³/mol. The molecule has 12 heavy (non-hydrogen) atoms. The van der Waals surface area contributed by atoms with Crippen LogP contribution in [-0.2, 0) is 5.75 Å². The normalized spacial score (nSPS) is 10.2. The van der Waals surface area contributed by atoms with Crippen molar-refractivity contribution in [2.24, 2.45) is 0 Å². The Bertz CT molecular complexity index is 291. The van der Waals surface area contributed by atoms with Crippen LogP contribution in [0.4, 0.5) is 4.39 Å². The van der Waals surface area contributed by atoms with Crippen LogP contribution in [0.15, 0.2) is 12.1 Å². The summed E-state index contributed by atoms with van der Waals surface area (Å²) >= 11 is 7.17. The van der Waals surface area contributed by atoms with Crippen molar-refractivity contribution < 1.29 is 9.50 Å². The van der Waals surface area contributed by atoms with Gasteiger partial charge < -0.3 is 5.11 Å². The average molecular weight is 207 g/mol. The van der Waals surface area contributed by atoms with Gasteiger partial charge >= 0.3 is 0 Å². The fourth-order valence-corrected chi connectivity index (χ4v) is 1.72. The fourth-order valence-electron chi connectivity index (χ4n) is 0.862. The standard InChI is InChI=1S/C8H8ClFOS/c1-12-4-5-6(9)2-3-7(11)8(5)10/h2-3,11H,4H2,1H3. The highest BCUT2D eigenvalue weighted by molar-refractivity contribution is 7.97. The van der Waals surface area contributed by atoms with Gasteiger partial charge in [-0.25, -0.2) is 4.39 Å². The zero-order valence-corrected chi connectivity index (χ0v) is 8.05. The van der Waals surface area contributed by atoms with Crippen LogP contribution in [0.1, 0.15) is 5.56 Å². The summed E-state index contributed by atoms with van der Waals surface area (Å²) in [6.45, 7) is 0. The van der Waals surface area contributed by atoms with E-state index in [0.29, 0.717) is 16.3 Å². The first-order valence-electron chi connectivity index (χ1n) is 3.31. The van der Waals surface area contributed by atoms with Gasteiger partial charge in [-0.1, -0.05) is 11.6 Å². The van der Waals surface area contributed by atoms with Crippen LogP contribution in [0.25, 0.3) is 0 Å². The smallest absolute Gasteiger partial charge is 0.170 e. The molecular weight excluding hydrogens is 199 g/mol. The summed E-state index contributed by atoms with van der Waals surface area (Å²) in [4.78, 5) is 0. The van der Waals surface area contributed by atoms with Gasteiger partial charge in [-0.05, 0) is 18.4 Å². The van der Waals surface area contributed by atoms with Crippen molar-refractivity contribution in [3.63, 3.8) is 0 Å². The van der Waals surface area contributed by atoms with E-state index in [2.05, 4.69) is 0 Å². The molecular formula is C8H8ClFOS. The van der Waals surface area contributed by atoms with E-state index in [4.69, 9.17) is 16.7 Å². The molecule has 0 heterocycles. The summed E-state index contributed by atoms with van der Waals surface area (Å²) in [6.07, 6.45) is 1.85. The van der Waals surface area contributed by atoms with E-state index < -0.39 is 5.82 Å². The van der Waals surface area contributed by atoms with Crippen molar-refractivity contribution in [1.29, 1.82) is 0 Å². The molecule has 0 fully saturated rings. The largest absolute Gasteiger partial charge is 0.505 e. The number of rotatable bonds is 2. The molecule has 66 valence electrons. The van der Waals surface area contributed by atoms with E-state index in [0.717, 1.165) is 0 Å². The number of aromatic hydroxyl groups is 1. The van der Waals surface area contributed by atoms with Gasteiger partial charge in [0, 0.05) is 16.3 Å². The van der Waals surface area contributed by atoms with Gasteiger partial charge in [-0.2, -0.15) is 11.8 Å². The first-order chi connectivity index (χ1) is 5.66. The molecule has 4 heteroatoms. The highest BCUT2D eigenvalue weighted by Gasteiger charge is 2.10. The second-order valence-electron chi connectivity index (χ2n) is 2.29. The molecule has 0 amide bonds. The molecule has 0 aromatic heterocycles. The maximum atomic E-state index is 13.1. The van der Waals surface area contributed by atoms with Crippen molar-refractivity contribution in [2.75, 3.05) is 6.26 Å². The van der Waals surface area contributed by atoms with E-state index in [1.807, 2.05) is 6.26 Å². The topological polar surface area (TPSA) is 20.2 Å². The Balaban J connectivity index is 3.14. The van der Waals surface area contributed by atoms with Crippen LogP contribution in [0.2, 0.25) is 5.02 Å². The molecule has 0 atom stereocenters. The Morgan fingerprint density at radius 2 is 2.25 bits per heavy atom. The van der Waals surface area contributed by atoms with Gasteiger partial charge in [0.2, 0.25) is 0 Å². The summed E-state index contributed by atoms with van der Waals surface area (Å²) in [7, 11) is 0. The van der Waals surface area contributed by atoms with Crippen molar-refractivity contribution in [2.45, 2.75) is 5.75 Å². The van der Waals surface area contributed by atoms with E-state index in [9.17, 15) is 4.39 Å². The lowest BCUT2D eigenvalue weighted by Crippen LogP contribution is -1.89. The molecule has 1 aromatic carbocycles. The van der Waals surface area contributed by atoms with Crippen molar-refractivity contribution in [3.8, 4) is 5.75 Å². The molecule has 0 spiro atoms. The highest BCUT2D eigenvalue weighted by Crippen LogP contribution is 2.28. The summed E-state index contributed by atoms with van der Waals surface area (Å²) in [5.41, 5.74) is 0.365. The monoisotopic (exact) mass is 206 g/mol. The predicted octanol–water partition coefficient (Wildman–Crippen LogP) is 3.05. The highest BCUT2D eigenvalue weighted by atomic mass is 35.5. The molecule has 0 unspecified atom stereocenters. The van der Waals surface area contributed by atoms with Crippen LogP contribution in [0, 0.1) is 5.82 Å². The van der Waals surface area contributed by atoms with Gasteiger partial charge in [0.1, 0.15) is 0 Å². The summed E-state index contributed by atoms with van der Waals surface area (Å²) in [5.74, 6) is -0.487. The third-order valence-electron chi connectivity index (χ3n) is 1.45. The minimum atomic E-state index is -0.614. The third-order valence-corrected chi connectivity index (χ3v) is 2.39. The Morgan fingerprint density at radius 1 is 1.58 bits per heavy atom. The Hall–Kier alpha value is -0.410. The second kappa shape index (κ2) is 4.01. The Morgan fingerprint density at radius 3 is 2.83 bits per heavy atom. The second-order valence-corrected chi connectivity index (χ2v) is 3.57. The Labute approximate surface area is 79.5 Å². The Kier molecular flexibility index (Phi) is 3.23. The van der Waals surface area contributed by atoms with Crippen molar-refractivity contribution in [3.05, 3.63) is 28.5 Å². The van der Waals surface area contributed by atoms with E-state index in [1.54, 1.807) is 0 Å². The van der Waals surface area contributed by atoms with E-state index >= 15 is 0 Å². The number of phenolic OH excluding ortho intramolecular Hbond substituents is 1. The molecule has 0 aliphatic carbocycles. The zero-order valence-electron chi connectivity index (χ0n) is 6.47. The van der Waals surface area contributed by atoms with Crippen LogP contribution in [0.5, 0.6) is 5.75 Å². The molecule has 0 aliphatic heterocycles. The maximum Gasteiger partial charge on any atom is 0.170 e. The molecule has 0 radical (unpaired) electrons. The van der Waals surface area contributed by atoms with Gasteiger partial charge in [0.05, 0.1) is 0 Å². The first kappa shape index (κ1) is 9.68. The quantitative estimate of drug-likeness (QED) is 0.803. The van der Waals surface area contributed by atoms with Crippen LogP contribution in [-0.4, -0.2) is 11.4 Å². The lowest BCUT2D eigenvalue weighted by molar-refractivity contribution is 0.430. The number of phenols is 1. The third kappa shape index (κ3) is 1.84.